The second-order valence-electron chi connectivity index (χ2n) is 4.37. The third-order valence-electron chi connectivity index (χ3n) is 3.22. The summed E-state index contributed by atoms with van der Waals surface area (Å²) in [6.07, 6.45) is 5.06. The van der Waals surface area contributed by atoms with Crippen molar-refractivity contribution in [2.75, 3.05) is 25.2 Å². The number of oxime groups is 1. The number of anilines is 1. The Morgan fingerprint density at radius 1 is 1.40 bits per heavy atom. The molecule has 3 N–H and O–H groups in total. The third kappa shape index (κ3) is 3.80. The van der Waals surface area contributed by atoms with E-state index in [1.54, 1.807) is 13.3 Å². The van der Waals surface area contributed by atoms with Gasteiger partial charge in [0, 0.05) is 32.1 Å². The van der Waals surface area contributed by atoms with Gasteiger partial charge in [-0.05, 0) is 12.8 Å². The Morgan fingerprint density at radius 2 is 2.05 bits per heavy atom. The van der Waals surface area contributed by atoms with Crippen molar-refractivity contribution in [3.05, 3.63) is 18.1 Å². The zero-order valence-electron chi connectivity index (χ0n) is 12.3. The molecule has 1 heterocycles. The molecule has 0 saturated heterocycles. The van der Waals surface area contributed by atoms with Crippen LogP contribution in [0, 0.1) is 0 Å². The molecular weight excluding hydrogens is 258 g/mol. The first-order valence-electron chi connectivity index (χ1n) is 6.73. The first-order valence-corrected chi connectivity index (χ1v) is 6.73. The van der Waals surface area contributed by atoms with Crippen LogP contribution in [0.2, 0.25) is 0 Å². The molecule has 0 saturated carbocycles. The monoisotopic (exact) mass is 281 g/mol. The summed E-state index contributed by atoms with van der Waals surface area (Å²) in [7, 11) is 1.66. The maximum absolute atomic E-state index is 8.88. The van der Waals surface area contributed by atoms with Crippen LogP contribution in [0.4, 0.5) is 5.82 Å². The number of nitrogens with two attached hydrogens (primary N) is 1. The van der Waals surface area contributed by atoms with E-state index in [2.05, 4.69) is 33.9 Å². The molecule has 1 aromatic heterocycles. The van der Waals surface area contributed by atoms with E-state index in [0.717, 1.165) is 12.8 Å². The van der Waals surface area contributed by atoms with Crippen molar-refractivity contribution in [1.82, 2.24) is 9.97 Å². The van der Waals surface area contributed by atoms with E-state index in [-0.39, 0.29) is 5.84 Å². The molecule has 7 heteroatoms. The second-order valence-corrected chi connectivity index (χ2v) is 4.37. The molecule has 0 fully saturated rings. The van der Waals surface area contributed by atoms with Crippen LogP contribution in [0.1, 0.15) is 32.4 Å². The smallest absolute Gasteiger partial charge is 0.192 e. The maximum atomic E-state index is 8.88. The van der Waals surface area contributed by atoms with Crippen molar-refractivity contribution in [1.29, 1.82) is 0 Å². The van der Waals surface area contributed by atoms with Gasteiger partial charge in [-0.2, -0.15) is 0 Å². The van der Waals surface area contributed by atoms with Crippen LogP contribution >= 0.6 is 0 Å². The highest BCUT2D eigenvalue weighted by atomic mass is 16.5. The molecule has 0 radical (unpaired) electrons. The minimum absolute atomic E-state index is 0.0403. The van der Waals surface area contributed by atoms with Gasteiger partial charge in [0.15, 0.2) is 17.3 Å². The molecule has 0 amide bonds. The number of ether oxygens (including phenoxy) is 1. The molecule has 0 aliphatic heterocycles. The standard InChI is InChI=1S/C13H23N5O2/c1-4-10(5-2)18(8-9-20-3)13-11(12(14)17-19)15-6-7-16-13/h6-7,10,19H,4-5,8-9H2,1-3H3,(H2,14,17). The minimum atomic E-state index is -0.0403. The van der Waals surface area contributed by atoms with Crippen LogP contribution < -0.4 is 10.6 Å². The number of aromatic nitrogens is 2. The van der Waals surface area contributed by atoms with Gasteiger partial charge in [0.25, 0.3) is 0 Å². The van der Waals surface area contributed by atoms with Gasteiger partial charge in [-0.1, -0.05) is 19.0 Å². The Kier molecular flexibility index (Phi) is 6.72. The Morgan fingerprint density at radius 3 is 2.60 bits per heavy atom. The summed E-state index contributed by atoms with van der Waals surface area (Å²) < 4.78 is 5.16. The molecule has 0 unspecified atom stereocenters. The van der Waals surface area contributed by atoms with E-state index >= 15 is 0 Å². The van der Waals surface area contributed by atoms with E-state index in [1.165, 1.54) is 6.20 Å². The molecule has 112 valence electrons. The number of hydrogen-bond acceptors (Lipinski definition) is 6. The highest BCUT2D eigenvalue weighted by Crippen LogP contribution is 2.20. The molecule has 1 aromatic rings. The van der Waals surface area contributed by atoms with Crippen molar-refractivity contribution in [3.63, 3.8) is 0 Å². The normalized spacial score (nSPS) is 11.9. The average molecular weight is 281 g/mol. The van der Waals surface area contributed by atoms with E-state index in [4.69, 9.17) is 15.7 Å². The van der Waals surface area contributed by atoms with E-state index in [0.29, 0.717) is 30.7 Å². The highest BCUT2D eigenvalue weighted by Gasteiger charge is 2.22. The fraction of sp³-hybridized carbons (Fsp3) is 0.615. The van der Waals surface area contributed by atoms with Gasteiger partial charge < -0.3 is 20.6 Å². The fourth-order valence-corrected chi connectivity index (χ4v) is 2.15. The Balaban J connectivity index is 3.18. The summed E-state index contributed by atoms with van der Waals surface area (Å²) in [5.74, 6) is 0.579. The van der Waals surface area contributed by atoms with Crippen molar-refractivity contribution in [2.24, 2.45) is 10.9 Å². The molecule has 0 aliphatic carbocycles. The molecular formula is C13H23N5O2. The third-order valence-corrected chi connectivity index (χ3v) is 3.22. The molecule has 20 heavy (non-hydrogen) atoms. The number of rotatable bonds is 8. The van der Waals surface area contributed by atoms with Crippen LogP contribution in [0.15, 0.2) is 17.5 Å². The summed E-state index contributed by atoms with van der Waals surface area (Å²) >= 11 is 0. The zero-order valence-corrected chi connectivity index (χ0v) is 12.3. The van der Waals surface area contributed by atoms with Crippen LogP contribution in [0.5, 0.6) is 0 Å². The predicted octanol–water partition coefficient (Wildman–Crippen LogP) is 1.21. The lowest BCUT2D eigenvalue weighted by Gasteiger charge is -2.32. The number of amidine groups is 1. The Hall–Kier alpha value is -1.89. The maximum Gasteiger partial charge on any atom is 0.192 e. The predicted molar refractivity (Wildman–Crippen MR) is 78.1 cm³/mol. The average Bonchev–Trinajstić information content (AvgIpc) is 2.50. The van der Waals surface area contributed by atoms with E-state index in [9.17, 15) is 0 Å². The molecule has 1 rings (SSSR count). The van der Waals surface area contributed by atoms with Gasteiger partial charge in [-0.3, -0.25) is 0 Å². The van der Waals surface area contributed by atoms with Crippen molar-refractivity contribution < 1.29 is 9.94 Å². The fourth-order valence-electron chi connectivity index (χ4n) is 2.15. The molecule has 0 spiro atoms. The Bertz CT molecular complexity index is 435. The van der Waals surface area contributed by atoms with Gasteiger partial charge in [0.1, 0.15) is 0 Å². The van der Waals surface area contributed by atoms with Gasteiger partial charge in [0.2, 0.25) is 0 Å². The first kappa shape index (κ1) is 16.2. The second kappa shape index (κ2) is 8.31. The molecule has 0 bridgehead atoms. The van der Waals surface area contributed by atoms with Crippen molar-refractivity contribution in [3.8, 4) is 0 Å². The topological polar surface area (TPSA) is 96.9 Å². The van der Waals surface area contributed by atoms with Gasteiger partial charge in [0.05, 0.1) is 6.61 Å². The van der Waals surface area contributed by atoms with Crippen molar-refractivity contribution >= 4 is 11.7 Å². The lowest BCUT2D eigenvalue weighted by atomic mass is 10.1. The van der Waals surface area contributed by atoms with Crippen LogP contribution in [-0.4, -0.2) is 47.3 Å². The first-order chi connectivity index (χ1) is 9.69. The summed E-state index contributed by atoms with van der Waals surface area (Å²) in [5, 5.41) is 11.9. The number of nitrogens with zero attached hydrogens (tertiary/aromatic N) is 4. The largest absolute Gasteiger partial charge is 0.409 e. The summed E-state index contributed by atoms with van der Waals surface area (Å²) in [5.41, 5.74) is 6.07. The van der Waals surface area contributed by atoms with Gasteiger partial charge in [-0.25, -0.2) is 9.97 Å². The lowest BCUT2D eigenvalue weighted by Crippen LogP contribution is -2.39. The molecule has 0 aliphatic rings. The molecule has 7 nitrogen and oxygen atoms in total. The number of methoxy groups -OCH3 is 1. The Labute approximate surface area is 119 Å². The zero-order chi connectivity index (χ0) is 15.0. The van der Waals surface area contributed by atoms with Gasteiger partial charge >= 0.3 is 0 Å². The van der Waals surface area contributed by atoms with Crippen LogP contribution in [-0.2, 0) is 4.74 Å². The summed E-state index contributed by atoms with van der Waals surface area (Å²) in [6.45, 7) is 5.48. The summed E-state index contributed by atoms with van der Waals surface area (Å²) in [6, 6.07) is 0.298. The molecule has 0 aromatic carbocycles. The quantitative estimate of drug-likeness (QED) is 0.322. The number of hydrogen-bond donors (Lipinski definition) is 2. The minimum Gasteiger partial charge on any atom is -0.409 e. The van der Waals surface area contributed by atoms with Crippen LogP contribution in [0.25, 0.3) is 0 Å². The van der Waals surface area contributed by atoms with Crippen molar-refractivity contribution in [2.45, 2.75) is 32.7 Å². The molecule has 0 atom stereocenters. The highest BCUT2D eigenvalue weighted by molar-refractivity contribution is 5.99. The summed E-state index contributed by atoms with van der Waals surface area (Å²) in [4.78, 5) is 10.6. The van der Waals surface area contributed by atoms with Gasteiger partial charge in [-0.15, -0.1) is 0 Å². The lowest BCUT2D eigenvalue weighted by molar-refractivity contribution is 0.202. The van der Waals surface area contributed by atoms with E-state index < -0.39 is 0 Å². The van der Waals surface area contributed by atoms with Crippen LogP contribution in [0.3, 0.4) is 0 Å². The SMILES string of the molecule is CCC(CC)N(CCOC)c1nccnc1C(N)=NO. The van der Waals surface area contributed by atoms with E-state index in [1.807, 2.05) is 0 Å².